The minimum Gasteiger partial charge on any atom is -0.345 e. The third-order valence-electron chi connectivity index (χ3n) is 3.78. The van der Waals surface area contributed by atoms with Crippen molar-refractivity contribution in [2.24, 2.45) is 0 Å². The molecule has 0 saturated carbocycles. The van der Waals surface area contributed by atoms with Crippen molar-refractivity contribution < 1.29 is 17.6 Å². The Morgan fingerprint density at radius 3 is 2.32 bits per heavy atom. The van der Waals surface area contributed by atoms with Gasteiger partial charge in [-0.15, -0.1) is 0 Å². The summed E-state index contributed by atoms with van der Waals surface area (Å²) < 4.78 is 37.2. The molecule has 0 spiro atoms. The van der Waals surface area contributed by atoms with E-state index in [1.54, 1.807) is 19.1 Å². The Morgan fingerprint density at radius 1 is 1.20 bits per heavy atom. The van der Waals surface area contributed by atoms with Gasteiger partial charge in [0.25, 0.3) is 5.91 Å². The van der Waals surface area contributed by atoms with Crippen LogP contribution in [0.15, 0.2) is 42.5 Å². The second kappa shape index (κ2) is 7.41. The summed E-state index contributed by atoms with van der Waals surface area (Å²) in [6, 6.07) is 9.86. The van der Waals surface area contributed by atoms with Gasteiger partial charge in [-0.3, -0.25) is 9.10 Å². The molecule has 0 radical (unpaired) electrons. The highest BCUT2D eigenvalue weighted by Gasteiger charge is 2.17. The lowest BCUT2D eigenvalue weighted by Gasteiger charge is -2.18. The van der Waals surface area contributed by atoms with Gasteiger partial charge in [0, 0.05) is 7.05 Å². The molecule has 1 amide bonds. The summed E-state index contributed by atoms with van der Waals surface area (Å²) in [5.41, 5.74) is 1.33. The van der Waals surface area contributed by atoms with Crippen molar-refractivity contribution in [1.29, 1.82) is 0 Å². The van der Waals surface area contributed by atoms with Gasteiger partial charge in [0.05, 0.1) is 28.6 Å². The maximum Gasteiger partial charge on any atom is 0.253 e. The minimum absolute atomic E-state index is 0.136. The average molecular weight is 385 g/mol. The molecule has 0 bridgehead atoms. The minimum atomic E-state index is -3.42. The van der Waals surface area contributed by atoms with E-state index in [1.165, 1.54) is 37.4 Å². The highest BCUT2D eigenvalue weighted by Crippen LogP contribution is 2.25. The van der Waals surface area contributed by atoms with E-state index in [0.717, 1.165) is 16.1 Å². The van der Waals surface area contributed by atoms with Crippen molar-refractivity contribution in [1.82, 2.24) is 5.32 Å². The summed E-state index contributed by atoms with van der Waals surface area (Å²) >= 11 is 6.14. The normalized spacial score (nSPS) is 12.5. The number of hydrogen-bond acceptors (Lipinski definition) is 3. The molecule has 0 aliphatic carbocycles. The Balaban J connectivity index is 2.18. The second-order valence-electron chi connectivity index (χ2n) is 5.64. The lowest BCUT2D eigenvalue weighted by Crippen LogP contribution is -2.27. The molecule has 2 aromatic rings. The van der Waals surface area contributed by atoms with E-state index in [-0.39, 0.29) is 22.4 Å². The van der Waals surface area contributed by atoms with Gasteiger partial charge < -0.3 is 5.32 Å². The monoisotopic (exact) mass is 384 g/mol. The fourth-order valence-electron chi connectivity index (χ4n) is 2.18. The third-order valence-corrected chi connectivity index (χ3v) is 5.29. The van der Waals surface area contributed by atoms with Crippen molar-refractivity contribution in [2.45, 2.75) is 13.0 Å². The molecular formula is C17H18ClFN2O3S. The first-order valence-corrected chi connectivity index (χ1v) is 9.62. The van der Waals surface area contributed by atoms with Crippen LogP contribution in [0.1, 0.15) is 28.9 Å². The first-order valence-electron chi connectivity index (χ1n) is 7.39. The molecule has 0 unspecified atom stereocenters. The van der Waals surface area contributed by atoms with Crippen molar-refractivity contribution >= 4 is 33.2 Å². The number of amides is 1. The van der Waals surface area contributed by atoms with Crippen LogP contribution in [-0.2, 0) is 10.0 Å². The van der Waals surface area contributed by atoms with Gasteiger partial charge in [-0.25, -0.2) is 12.8 Å². The van der Waals surface area contributed by atoms with Crippen molar-refractivity contribution in [3.63, 3.8) is 0 Å². The third kappa shape index (κ3) is 4.70. The number of carbonyl (C=O) groups excluding carboxylic acids is 1. The van der Waals surface area contributed by atoms with Crippen LogP contribution in [0.3, 0.4) is 0 Å². The Hall–Kier alpha value is -2.12. The molecule has 0 fully saturated rings. The predicted molar refractivity (Wildman–Crippen MR) is 97.0 cm³/mol. The van der Waals surface area contributed by atoms with Crippen LogP contribution < -0.4 is 9.62 Å². The van der Waals surface area contributed by atoms with Gasteiger partial charge in [-0.1, -0.05) is 23.7 Å². The number of carbonyl (C=O) groups is 1. The molecule has 0 aliphatic heterocycles. The molecule has 2 rings (SSSR count). The zero-order chi connectivity index (χ0) is 18.8. The maximum atomic E-state index is 13.0. The zero-order valence-corrected chi connectivity index (χ0v) is 15.5. The number of halogens is 2. The van der Waals surface area contributed by atoms with E-state index >= 15 is 0 Å². The first kappa shape index (κ1) is 19.2. The van der Waals surface area contributed by atoms with E-state index in [0.29, 0.717) is 5.69 Å². The van der Waals surface area contributed by atoms with Crippen molar-refractivity contribution in [3.8, 4) is 0 Å². The van der Waals surface area contributed by atoms with E-state index in [4.69, 9.17) is 11.6 Å². The number of nitrogens with one attached hydrogen (secondary N) is 1. The number of sulfonamides is 1. The van der Waals surface area contributed by atoms with Crippen molar-refractivity contribution in [2.75, 3.05) is 17.6 Å². The first-order chi connectivity index (χ1) is 11.6. The fraction of sp³-hybridized carbons (Fsp3) is 0.235. The van der Waals surface area contributed by atoms with Gasteiger partial charge in [-0.05, 0) is 42.8 Å². The van der Waals surface area contributed by atoms with Gasteiger partial charge >= 0.3 is 0 Å². The summed E-state index contributed by atoms with van der Waals surface area (Å²) in [4.78, 5) is 12.4. The topological polar surface area (TPSA) is 66.5 Å². The predicted octanol–water partition coefficient (Wildman–Crippen LogP) is 3.37. The van der Waals surface area contributed by atoms with Crippen LogP contribution in [0.25, 0.3) is 0 Å². The molecule has 5 nitrogen and oxygen atoms in total. The average Bonchev–Trinajstić information content (AvgIpc) is 2.53. The molecular weight excluding hydrogens is 367 g/mol. The SMILES string of the molecule is C[C@@H](NC(=O)c1ccc(N(C)S(C)(=O)=O)cc1Cl)c1ccc(F)cc1. The maximum absolute atomic E-state index is 13.0. The van der Waals surface area contributed by atoms with Gasteiger partial charge in [-0.2, -0.15) is 0 Å². The Bertz CT molecular complexity index is 885. The summed E-state index contributed by atoms with van der Waals surface area (Å²) in [6.07, 6.45) is 1.08. The smallest absolute Gasteiger partial charge is 0.253 e. The lowest BCUT2D eigenvalue weighted by molar-refractivity contribution is 0.0940. The molecule has 0 heterocycles. The molecule has 0 aliphatic rings. The highest BCUT2D eigenvalue weighted by atomic mass is 35.5. The molecule has 8 heteroatoms. The fourth-order valence-corrected chi connectivity index (χ4v) is 2.94. The zero-order valence-electron chi connectivity index (χ0n) is 14.0. The highest BCUT2D eigenvalue weighted by molar-refractivity contribution is 7.92. The second-order valence-corrected chi connectivity index (χ2v) is 8.06. The Kier molecular flexibility index (Phi) is 5.69. The number of benzene rings is 2. The van der Waals surface area contributed by atoms with Crippen LogP contribution in [0.2, 0.25) is 5.02 Å². The van der Waals surface area contributed by atoms with Crippen molar-refractivity contribution in [3.05, 3.63) is 64.4 Å². The quantitative estimate of drug-likeness (QED) is 0.859. The summed E-state index contributed by atoms with van der Waals surface area (Å²) in [5.74, 6) is -0.758. The number of nitrogens with zero attached hydrogens (tertiary/aromatic N) is 1. The van der Waals surface area contributed by atoms with Crippen LogP contribution >= 0.6 is 11.6 Å². The molecule has 2 aromatic carbocycles. The lowest BCUT2D eigenvalue weighted by atomic mass is 10.1. The van der Waals surface area contributed by atoms with Crippen LogP contribution in [0.4, 0.5) is 10.1 Å². The molecule has 25 heavy (non-hydrogen) atoms. The van der Waals surface area contributed by atoms with Crippen LogP contribution in [0, 0.1) is 5.82 Å². The molecule has 134 valence electrons. The van der Waals surface area contributed by atoms with Crippen LogP contribution in [0.5, 0.6) is 0 Å². The summed E-state index contributed by atoms with van der Waals surface area (Å²) in [7, 11) is -2.02. The Labute approximate surface area is 151 Å². The summed E-state index contributed by atoms with van der Waals surface area (Å²) in [6.45, 7) is 1.77. The van der Waals surface area contributed by atoms with Gasteiger partial charge in [0.2, 0.25) is 10.0 Å². The standard InChI is InChI=1S/C17H18ClFN2O3S/c1-11(12-4-6-13(19)7-5-12)20-17(22)15-9-8-14(10-16(15)18)21(2)25(3,23)24/h4-11H,1-3H3,(H,20,22)/t11-/m1/s1. The number of anilines is 1. The van der Waals surface area contributed by atoms with E-state index < -0.39 is 15.9 Å². The molecule has 0 saturated heterocycles. The van der Waals surface area contributed by atoms with E-state index in [9.17, 15) is 17.6 Å². The molecule has 0 aromatic heterocycles. The van der Waals surface area contributed by atoms with Crippen LogP contribution in [-0.4, -0.2) is 27.6 Å². The number of rotatable bonds is 5. The summed E-state index contributed by atoms with van der Waals surface area (Å²) in [5, 5.41) is 2.91. The van der Waals surface area contributed by atoms with Gasteiger partial charge in [0.15, 0.2) is 0 Å². The largest absolute Gasteiger partial charge is 0.345 e. The van der Waals surface area contributed by atoms with Gasteiger partial charge in [0.1, 0.15) is 5.82 Å². The molecule has 1 N–H and O–H groups in total. The molecule has 1 atom stereocenters. The van der Waals surface area contributed by atoms with E-state index in [2.05, 4.69) is 5.32 Å². The van der Waals surface area contributed by atoms with E-state index in [1.807, 2.05) is 0 Å². The number of hydrogen-bond donors (Lipinski definition) is 1. The Morgan fingerprint density at radius 2 is 1.80 bits per heavy atom.